The minimum absolute atomic E-state index is 0.0964. The van der Waals surface area contributed by atoms with E-state index in [4.69, 9.17) is 4.74 Å². The summed E-state index contributed by atoms with van der Waals surface area (Å²) in [7, 11) is -3.14. The first-order valence-electron chi connectivity index (χ1n) is 6.52. The van der Waals surface area contributed by atoms with Gasteiger partial charge in [0.05, 0.1) is 11.3 Å². The zero-order valence-electron chi connectivity index (χ0n) is 12.0. The smallest absolute Gasteiger partial charge is 0.338 e. The van der Waals surface area contributed by atoms with Gasteiger partial charge < -0.3 is 4.74 Å². The van der Waals surface area contributed by atoms with E-state index in [0.717, 1.165) is 16.3 Å². The Bertz CT molecular complexity index is 767. The lowest BCUT2D eigenvalue weighted by molar-refractivity contribution is 0.0472. The van der Waals surface area contributed by atoms with Crippen molar-refractivity contribution >= 4 is 31.7 Å². The van der Waals surface area contributed by atoms with Crippen LogP contribution in [0.15, 0.2) is 53.0 Å². The molecule has 0 radical (unpaired) electrons. The number of halogens is 1. The van der Waals surface area contributed by atoms with Crippen molar-refractivity contribution < 1.29 is 17.9 Å². The summed E-state index contributed by atoms with van der Waals surface area (Å²) in [5.74, 6) is -0.570. The number of benzene rings is 2. The Labute approximate surface area is 138 Å². The van der Waals surface area contributed by atoms with Crippen molar-refractivity contribution in [1.82, 2.24) is 0 Å². The number of carbonyl (C=O) groups is 1. The zero-order chi connectivity index (χ0) is 16.2. The molecule has 2 aromatic rings. The van der Waals surface area contributed by atoms with Gasteiger partial charge in [0.25, 0.3) is 0 Å². The van der Waals surface area contributed by atoms with Gasteiger partial charge >= 0.3 is 5.97 Å². The average molecular weight is 383 g/mol. The van der Waals surface area contributed by atoms with Crippen molar-refractivity contribution in [2.75, 3.05) is 6.26 Å². The first kappa shape index (κ1) is 16.7. The van der Waals surface area contributed by atoms with E-state index >= 15 is 0 Å². The summed E-state index contributed by atoms with van der Waals surface area (Å²) in [6.07, 6.45) is 1.16. The predicted octanol–water partition coefficient (Wildman–Crippen LogP) is 3.35. The van der Waals surface area contributed by atoms with Crippen LogP contribution in [0.2, 0.25) is 0 Å². The molecule has 0 amide bonds. The molecule has 2 aromatic carbocycles. The summed E-state index contributed by atoms with van der Waals surface area (Å²) >= 11 is 3.34. The molecule has 0 aromatic heterocycles. The van der Waals surface area contributed by atoms with Crippen molar-refractivity contribution in [3.8, 4) is 0 Å². The van der Waals surface area contributed by atoms with E-state index in [1.54, 1.807) is 24.3 Å². The Morgan fingerprint density at radius 2 is 1.77 bits per heavy atom. The third-order valence-corrected chi connectivity index (χ3v) is 4.26. The maximum Gasteiger partial charge on any atom is 0.338 e. The first-order chi connectivity index (χ1) is 10.3. The highest BCUT2D eigenvalue weighted by Gasteiger charge is 2.10. The molecule has 0 heterocycles. The van der Waals surface area contributed by atoms with Crippen LogP contribution in [0, 0.1) is 0 Å². The molecule has 0 unspecified atom stereocenters. The summed E-state index contributed by atoms with van der Waals surface area (Å²) in [5.41, 5.74) is 1.79. The van der Waals surface area contributed by atoms with Crippen LogP contribution in [0.5, 0.6) is 0 Å². The third kappa shape index (κ3) is 5.27. The third-order valence-electron chi connectivity index (χ3n) is 2.87. The monoisotopic (exact) mass is 382 g/mol. The number of ether oxygens (including phenoxy) is 1. The van der Waals surface area contributed by atoms with Crippen LogP contribution in [0.1, 0.15) is 21.5 Å². The van der Waals surface area contributed by atoms with Crippen LogP contribution in [0.4, 0.5) is 0 Å². The molecule has 0 aliphatic heterocycles. The van der Waals surface area contributed by atoms with Crippen LogP contribution in [-0.4, -0.2) is 20.6 Å². The standard InChI is InChI=1S/C16H15BrO4S/c1-22(19,20)11-13-3-2-4-14(9-13)16(18)21-10-12-5-7-15(17)8-6-12/h2-9H,10-11H2,1H3. The molecule has 116 valence electrons. The summed E-state index contributed by atoms with van der Waals surface area (Å²) in [5, 5.41) is 0. The van der Waals surface area contributed by atoms with Gasteiger partial charge in [0, 0.05) is 10.7 Å². The number of carbonyl (C=O) groups excluding carboxylic acids is 1. The molecule has 0 spiro atoms. The number of hydrogen-bond donors (Lipinski definition) is 0. The normalized spacial score (nSPS) is 11.2. The largest absolute Gasteiger partial charge is 0.457 e. The number of sulfone groups is 1. The summed E-state index contributed by atoms with van der Waals surface area (Å²) in [6, 6.07) is 13.9. The lowest BCUT2D eigenvalue weighted by atomic mass is 10.1. The van der Waals surface area contributed by atoms with Gasteiger partial charge in [-0.1, -0.05) is 40.2 Å². The number of hydrogen-bond acceptors (Lipinski definition) is 4. The van der Waals surface area contributed by atoms with Gasteiger partial charge in [0.1, 0.15) is 6.61 Å². The lowest BCUT2D eigenvalue weighted by Crippen LogP contribution is -2.07. The maximum atomic E-state index is 12.0. The van der Waals surface area contributed by atoms with Crippen molar-refractivity contribution in [3.05, 3.63) is 69.7 Å². The number of esters is 1. The van der Waals surface area contributed by atoms with Gasteiger partial charge in [-0.2, -0.15) is 0 Å². The van der Waals surface area contributed by atoms with E-state index in [1.165, 1.54) is 0 Å². The van der Waals surface area contributed by atoms with Crippen LogP contribution < -0.4 is 0 Å². The molecule has 22 heavy (non-hydrogen) atoms. The minimum Gasteiger partial charge on any atom is -0.457 e. The van der Waals surface area contributed by atoms with Gasteiger partial charge in [-0.05, 0) is 35.4 Å². The molecular weight excluding hydrogens is 368 g/mol. The fourth-order valence-corrected chi connectivity index (χ4v) is 2.95. The number of rotatable bonds is 5. The fraction of sp³-hybridized carbons (Fsp3) is 0.188. The van der Waals surface area contributed by atoms with E-state index in [2.05, 4.69) is 15.9 Å². The molecule has 0 saturated heterocycles. The molecule has 2 rings (SSSR count). The van der Waals surface area contributed by atoms with E-state index < -0.39 is 15.8 Å². The van der Waals surface area contributed by atoms with Gasteiger partial charge in [0.15, 0.2) is 9.84 Å². The van der Waals surface area contributed by atoms with Gasteiger partial charge in [0.2, 0.25) is 0 Å². The molecule has 0 aliphatic rings. The highest BCUT2D eigenvalue weighted by atomic mass is 79.9. The average Bonchev–Trinajstić information content (AvgIpc) is 2.45. The highest BCUT2D eigenvalue weighted by molar-refractivity contribution is 9.10. The fourth-order valence-electron chi connectivity index (χ4n) is 1.90. The molecule has 0 saturated carbocycles. The van der Waals surface area contributed by atoms with E-state index in [9.17, 15) is 13.2 Å². The first-order valence-corrected chi connectivity index (χ1v) is 9.37. The van der Waals surface area contributed by atoms with Crippen LogP contribution in [0.25, 0.3) is 0 Å². The van der Waals surface area contributed by atoms with Crippen LogP contribution >= 0.6 is 15.9 Å². The highest BCUT2D eigenvalue weighted by Crippen LogP contribution is 2.13. The summed E-state index contributed by atoms with van der Waals surface area (Å²) in [4.78, 5) is 12.0. The zero-order valence-corrected chi connectivity index (χ0v) is 14.4. The lowest BCUT2D eigenvalue weighted by Gasteiger charge is -2.07. The van der Waals surface area contributed by atoms with Crippen LogP contribution in [0.3, 0.4) is 0 Å². The topological polar surface area (TPSA) is 60.4 Å². The molecule has 0 bridgehead atoms. The quantitative estimate of drug-likeness (QED) is 0.743. The van der Waals surface area contributed by atoms with Gasteiger partial charge in [-0.3, -0.25) is 0 Å². The SMILES string of the molecule is CS(=O)(=O)Cc1cccc(C(=O)OCc2ccc(Br)cc2)c1. The van der Waals surface area contributed by atoms with Crippen molar-refractivity contribution in [1.29, 1.82) is 0 Å². The molecule has 0 aliphatic carbocycles. The molecule has 6 heteroatoms. The van der Waals surface area contributed by atoms with Crippen molar-refractivity contribution in [2.45, 2.75) is 12.4 Å². The molecule has 0 N–H and O–H groups in total. The predicted molar refractivity (Wildman–Crippen MR) is 88.3 cm³/mol. The second kappa shape index (κ2) is 7.07. The Morgan fingerprint density at radius 1 is 1.09 bits per heavy atom. The van der Waals surface area contributed by atoms with Crippen molar-refractivity contribution in [3.63, 3.8) is 0 Å². The van der Waals surface area contributed by atoms with Gasteiger partial charge in [-0.15, -0.1) is 0 Å². The minimum atomic E-state index is -3.14. The molecule has 4 nitrogen and oxygen atoms in total. The van der Waals surface area contributed by atoms with Crippen LogP contribution in [-0.2, 0) is 26.9 Å². The van der Waals surface area contributed by atoms with E-state index in [0.29, 0.717) is 11.1 Å². The van der Waals surface area contributed by atoms with Crippen molar-refractivity contribution in [2.24, 2.45) is 0 Å². The Balaban J connectivity index is 2.03. The van der Waals surface area contributed by atoms with Gasteiger partial charge in [-0.25, -0.2) is 13.2 Å². The second-order valence-corrected chi connectivity index (χ2v) is 8.03. The Morgan fingerprint density at radius 3 is 2.41 bits per heavy atom. The summed E-state index contributed by atoms with van der Waals surface area (Å²) in [6.45, 7) is 0.169. The molecule has 0 atom stereocenters. The maximum absolute atomic E-state index is 12.0. The van der Waals surface area contributed by atoms with E-state index in [-0.39, 0.29) is 12.4 Å². The second-order valence-electron chi connectivity index (χ2n) is 4.97. The molecule has 0 fully saturated rings. The molecular formula is C16H15BrO4S. The summed E-state index contributed by atoms with van der Waals surface area (Å²) < 4.78 is 28.8. The van der Waals surface area contributed by atoms with E-state index in [1.807, 2.05) is 24.3 Å². The Kier molecular flexibility index (Phi) is 5.37. The Hall–Kier alpha value is -1.66.